The predicted molar refractivity (Wildman–Crippen MR) is 54.3 cm³/mol. The maximum atomic E-state index is 11.5. The van der Waals surface area contributed by atoms with Crippen molar-refractivity contribution in [2.45, 2.75) is 33.2 Å². The SMILES string of the molecule is CC(CC(N)=O)NC(=O)C(C)(C)CN. The molecule has 0 fully saturated rings. The van der Waals surface area contributed by atoms with Gasteiger partial charge in [0.15, 0.2) is 0 Å². The molecule has 0 radical (unpaired) electrons. The molecule has 1 atom stereocenters. The summed E-state index contributed by atoms with van der Waals surface area (Å²) in [6, 6.07) is -0.245. The summed E-state index contributed by atoms with van der Waals surface area (Å²) in [6.45, 7) is 5.50. The number of hydrogen-bond acceptors (Lipinski definition) is 3. The van der Waals surface area contributed by atoms with Crippen LogP contribution in [-0.4, -0.2) is 24.4 Å². The van der Waals surface area contributed by atoms with Gasteiger partial charge in [-0.15, -0.1) is 0 Å². The minimum Gasteiger partial charge on any atom is -0.370 e. The van der Waals surface area contributed by atoms with Crippen LogP contribution in [0.1, 0.15) is 27.2 Å². The van der Waals surface area contributed by atoms with Crippen LogP contribution < -0.4 is 16.8 Å². The van der Waals surface area contributed by atoms with Gasteiger partial charge in [0.1, 0.15) is 0 Å². The third-order valence-corrected chi connectivity index (χ3v) is 2.01. The van der Waals surface area contributed by atoms with E-state index in [1.807, 2.05) is 0 Å². The first-order valence-electron chi connectivity index (χ1n) is 4.59. The minimum absolute atomic E-state index is 0.145. The molecular formula is C9H19N3O2. The fraction of sp³-hybridized carbons (Fsp3) is 0.778. The summed E-state index contributed by atoms with van der Waals surface area (Å²) in [7, 11) is 0. The van der Waals surface area contributed by atoms with E-state index >= 15 is 0 Å². The summed E-state index contributed by atoms with van der Waals surface area (Å²) in [6.07, 6.45) is 0.145. The average Bonchev–Trinajstić information content (AvgIpc) is 2.02. The number of nitrogens with one attached hydrogen (secondary N) is 1. The number of carbonyl (C=O) groups is 2. The zero-order chi connectivity index (χ0) is 11.4. The molecule has 5 N–H and O–H groups in total. The number of rotatable bonds is 5. The molecule has 0 rings (SSSR count). The van der Waals surface area contributed by atoms with Crippen LogP contribution in [0, 0.1) is 5.41 Å². The molecule has 0 saturated carbocycles. The standard InChI is InChI=1S/C9H19N3O2/c1-6(4-7(11)13)12-8(14)9(2,3)5-10/h6H,4-5,10H2,1-3H3,(H2,11,13)(H,12,14). The smallest absolute Gasteiger partial charge is 0.227 e. The Morgan fingerprint density at radius 1 is 1.43 bits per heavy atom. The molecule has 0 bridgehead atoms. The Hall–Kier alpha value is -1.10. The van der Waals surface area contributed by atoms with Crippen molar-refractivity contribution in [3.8, 4) is 0 Å². The summed E-state index contributed by atoms with van der Waals surface area (Å²) in [5.74, 6) is -0.586. The van der Waals surface area contributed by atoms with Gasteiger partial charge in [-0.25, -0.2) is 0 Å². The van der Waals surface area contributed by atoms with E-state index in [1.165, 1.54) is 0 Å². The maximum Gasteiger partial charge on any atom is 0.227 e. The van der Waals surface area contributed by atoms with Crippen LogP contribution in [-0.2, 0) is 9.59 Å². The van der Waals surface area contributed by atoms with E-state index in [0.717, 1.165) is 0 Å². The van der Waals surface area contributed by atoms with Crippen molar-refractivity contribution >= 4 is 11.8 Å². The molecule has 1 unspecified atom stereocenters. The van der Waals surface area contributed by atoms with Gasteiger partial charge in [-0.05, 0) is 20.8 Å². The lowest BCUT2D eigenvalue weighted by Crippen LogP contribution is -2.46. The van der Waals surface area contributed by atoms with Gasteiger partial charge in [0.2, 0.25) is 11.8 Å². The Kier molecular flexibility index (Phi) is 4.56. The first-order chi connectivity index (χ1) is 6.29. The molecule has 14 heavy (non-hydrogen) atoms. The molecule has 0 aliphatic heterocycles. The van der Waals surface area contributed by atoms with Crippen LogP contribution in [0.5, 0.6) is 0 Å². The van der Waals surface area contributed by atoms with Crippen molar-refractivity contribution in [2.24, 2.45) is 16.9 Å². The minimum atomic E-state index is -0.605. The molecule has 0 aliphatic carbocycles. The summed E-state index contributed by atoms with van der Waals surface area (Å²) >= 11 is 0. The molecule has 0 aromatic carbocycles. The van der Waals surface area contributed by atoms with E-state index in [9.17, 15) is 9.59 Å². The molecule has 0 heterocycles. The first-order valence-corrected chi connectivity index (χ1v) is 4.59. The molecule has 0 aromatic rings. The van der Waals surface area contributed by atoms with E-state index in [-0.39, 0.29) is 24.9 Å². The Morgan fingerprint density at radius 2 is 1.93 bits per heavy atom. The van der Waals surface area contributed by atoms with Gasteiger partial charge < -0.3 is 16.8 Å². The van der Waals surface area contributed by atoms with Crippen molar-refractivity contribution in [2.75, 3.05) is 6.54 Å². The van der Waals surface area contributed by atoms with Crippen LogP contribution in [0.25, 0.3) is 0 Å². The molecule has 2 amide bonds. The summed E-state index contributed by atoms with van der Waals surface area (Å²) in [4.78, 5) is 22.1. The van der Waals surface area contributed by atoms with Crippen molar-refractivity contribution < 1.29 is 9.59 Å². The molecule has 5 heteroatoms. The Labute approximate surface area is 84.2 Å². The largest absolute Gasteiger partial charge is 0.370 e. The molecular weight excluding hydrogens is 182 g/mol. The zero-order valence-electron chi connectivity index (χ0n) is 8.96. The van der Waals surface area contributed by atoms with Gasteiger partial charge in [-0.1, -0.05) is 0 Å². The molecule has 5 nitrogen and oxygen atoms in total. The highest BCUT2D eigenvalue weighted by molar-refractivity contribution is 5.83. The van der Waals surface area contributed by atoms with E-state index < -0.39 is 11.3 Å². The van der Waals surface area contributed by atoms with Gasteiger partial charge in [-0.3, -0.25) is 9.59 Å². The Bertz CT molecular complexity index is 226. The van der Waals surface area contributed by atoms with Crippen molar-refractivity contribution in [3.63, 3.8) is 0 Å². The fourth-order valence-electron chi connectivity index (χ4n) is 0.865. The number of carbonyl (C=O) groups excluding carboxylic acids is 2. The Morgan fingerprint density at radius 3 is 2.29 bits per heavy atom. The molecule has 0 aromatic heterocycles. The van der Waals surface area contributed by atoms with Crippen LogP contribution in [0.15, 0.2) is 0 Å². The third kappa shape index (κ3) is 4.23. The highest BCUT2D eigenvalue weighted by atomic mass is 16.2. The average molecular weight is 201 g/mol. The van der Waals surface area contributed by atoms with Gasteiger partial charge >= 0.3 is 0 Å². The van der Waals surface area contributed by atoms with E-state index in [2.05, 4.69) is 5.32 Å². The topological polar surface area (TPSA) is 98.2 Å². The van der Waals surface area contributed by atoms with Gasteiger partial charge in [0.25, 0.3) is 0 Å². The monoisotopic (exact) mass is 201 g/mol. The van der Waals surface area contributed by atoms with Gasteiger partial charge in [0, 0.05) is 19.0 Å². The van der Waals surface area contributed by atoms with Crippen LogP contribution >= 0.6 is 0 Å². The van der Waals surface area contributed by atoms with E-state index in [4.69, 9.17) is 11.5 Å². The van der Waals surface area contributed by atoms with Gasteiger partial charge in [0.05, 0.1) is 5.41 Å². The molecule has 0 saturated heterocycles. The van der Waals surface area contributed by atoms with Gasteiger partial charge in [-0.2, -0.15) is 0 Å². The van der Waals surface area contributed by atoms with Crippen LogP contribution in [0.4, 0.5) is 0 Å². The van der Waals surface area contributed by atoms with E-state index in [0.29, 0.717) is 0 Å². The number of amides is 2. The molecule has 0 aliphatic rings. The highest BCUT2D eigenvalue weighted by Crippen LogP contribution is 2.12. The third-order valence-electron chi connectivity index (χ3n) is 2.01. The second-order valence-corrected chi connectivity index (χ2v) is 4.13. The summed E-state index contributed by atoms with van der Waals surface area (Å²) in [5, 5.41) is 2.68. The Balaban J connectivity index is 4.12. The summed E-state index contributed by atoms with van der Waals surface area (Å²) in [5.41, 5.74) is 9.82. The number of hydrogen-bond donors (Lipinski definition) is 3. The second-order valence-electron chi connectivity index (χ2n) is 4.13. The quantitative estimate of drug-likeness (QED) is 0.551. The highest BCUT2D eigenvalue weighted by Gasteiger charge is 2.26. The summed E-state index contributed by atoms with van der Waals surface area (Å²) < 4.78 is 0. The zero-order valence-corrected chi connectivity index (χ0v) is 8.96. The number of nitrogens with two attached hydrogens (primary N) is 2. The lowest BCUT2D eigenvalue weighted by atomic mass is 9.92. The van der Waals surface area contributed by atoms with Crippen molar-refractivity contribution in [1.29, 1.82) is 0 Å². The van der Waals surface area contributed by atoms with E-state index in [1.54, 1.807) is 20.8 Å². The van der Waals surface area contributed by atoms with Crippen molar-refractivity contribution in [3.05, 3.63) is 0 Å². The lowest BCUT2D eigenvalue weighted by molar-refractivity contribution is -0.129. The van der Waals surface area contributed by atoms with Crippen LogP contribution in [0.2, 0.25) is 0 Å². The normalized spacial score (nSPS) is 13.4. The predicted octanol–water partition coefficient (Wildman–Crippen LogP) is -0.649. The molecule has 0 spiro atoms. The number of primary amides is 1. The van der Waals surface area contributed by atoms with Crippen LogP contribution in [0.3, 0.4) is 0 Å². The van der Waals surface area contributed by atoms with Crippen molar-refractivity contribution in [1.82, 2.24) is 5.32 Å². The fourth-order valence-corrected chi connectivity index (χ4v) is 0.865. The maximum absolute atomic E-state index is 11.5. The lowest BCUT2D eigenvalue weighted by Gasteiger charge is -2.23. The second kappa shape index (κ2) is 4.95. The first kappa shape index (κ1) is 12.9. The molecule has 82 valence electrons.